The summed E-state index contributed by atoms with van der Waals surface area (Å²) < 4.78 is 2.40. The lowest BCUT2D eigenvalue weighted by Crippen LogP contribution is -2.04. The SMILES string of the molecule is c1ccc(-c2nc(-c3c(-n4c5ccccc5c5c6ccccc6ccc54)ccc4ccccc34)nc(-c3cc4ccccc4c4ccccc34)n2)cc1. The van der Waals surface area contributed by atoms with E-state index in [1.165, 1.54) is 32.3 Å². The first-order valence-corrected chi connectivity index (χ1v) is 18.0. The van der Waals surface area contributed by atoms with Crippen LogP contribution in [0.5, 0.6) is 0 Å². The Bertz CT molecular complexity index is 3230. The molecule has 0 N–H and O–H groups in total. The molecule has 0 aliphatic rings. The van der Waals surface area contributed by atoms with Crippen molar-refractivity contribution in [3.63, 3.8) is 0 Å². The first-order valence-electron chi connectivity index (χ1n) is 18.0. The normalized spacial score (nSPS) is 11.8. The summed E-state index contributed by atoms with van der Waals surface area (Å²) >= 11 is 0. The van der Waals surface area contributed by atoms with Gasteiger partial charge in [-0.1, -0.05) is 158 Å². The molecular weight excluding hydrogens is 645 g/mol. The van der Waals surface area contributed by atoms with Crippen molar-refractivity contribution in [3.8, 4) is 39.9 Å². The Kier molecular flexibility index (Phi) is 6.52. The molecule has 0 atom stereocenters. The van der Waals surface area contributed by atoms with Crippen molar-refractivity contribution in [3.05, 3.63) is 182 Å². The number of para-hydroxylation sites is 1. The van der Waals surface area contributed by atoms with Crippen molar-refractivity contribution in [1.82, 2.24) is 19.5 Å². The molecule has 0 saturated carbocycles. The predicted molar refractivity (Wildman–Crippen MR) is 220 cm³/mol. The lowest BCUT2D eigenvalue weighted by molar-refractivity contribution is 1.07. The van der Waals surface area contributed by atoms with Crippen LogP contribution in [0.3, 0.4) is 0 Å². The van der Waals surface area contributed by atoms with Crippen LogP contribution in [0.4, 0.5) is 0 Å². The molecule has 11 aromatic rings. The van der Waals surface area contributed by atoms with E-state index in [4.69, 9.17) is 15.0 Å². The van der Waals surface area contributed by atoms with Crippen molar-refractivity contribution in [2.75, 3.05) is 0 Å². The van der Waals surface area contributed by atoms with Crippen LogP contribution in [0.2, 0.25) is 0 Å². The third-order valence-corrected chi connectivity index (χ3v) is 10.6. The van der Waals surface area contributed by atoms with Crippen LogP contribution in [0.25, 0.3) is 105 Å². The molecular formula is C49H30N4. The topological polar surface area (TPSA) is 43.6 Å². The van der Waals surface area contributed by atoms with Gasteiger partial charge in [-0.05, 0) is 67.4 Å². The number of fused-ring (bicyclic) bond motifs is 9. The highest BCUT2D eigenvalue weighted by Gasteiger charge is 2.23. The molecule has 4 nitrogen and oxygen atoms in total. The Morgan fingerprint density at radius 1 is 0.340 bits per heavy atom. The zero-order valence-corrected chi connectivity index (χ0v) is 28.6. The Labute approximate surface area is 305 Å². The van der Waals surface area contributed by atoms with Gasteiger partial charge < -0.3 is 4.57 Å². The lowest BCUT2D eigenvalue weighted by atomic mass is 9.96. The molecule has 2 heterocycles. The van der Waals surface area contributed by atoms with Crippen LogP contribution >= 0.6 is 0 Å². The number of rotatable bonds is 4. The van der Waals surface area contributed by atoms with Gasteiger partial charge in [0.25, 0.3) is 0 Å². The van der Waals surface area contributed by atoms with Gasteiger partial charge in [0.2, 0.25) is 0 Å². The number of hydrogen-bond acceptors (Lipinski definition) is 3. The smallest absolute Gasteiger partial charge is 0.166 e. The van der Waals surface area contributed by atoms with Crippen LogP contribution in [0.1, 0.15) is 0 Å². The highest BCUT2D eigenvalue weighted by molar-refractivity contribution is 6.22. The fraction of sp³-hybridized carbons (Fsp3) is 0. The van der Waals surface area contributed by atoms with Gasteiger partial charge in [0.1, 0.15) is 0 Å². The second kappa shape index (κ2) is 11.7. The van der Waals surface area contributed by atoms with Crippen molar-refractivity contribution in [1.29, 1.82) is 0 Å². The zero-order chi connectivity index (χ0) is 34.9. The maximum atomic E-state index is 5.45. The van der Waals surface area contributed by atoms with Crippen LogP contribution < -0.4 is 0 Å². The zero-order valence-electron chi connectivity index (χ0n) is 28.6. The van der Waals surface area contributed by atoms with Crippen LogP contribution in [-0.2, 0) is 0 Å². The molecule has 246 valence electrons. The molecule has 0 bridgehead atoms. The van der Waals surface area contributed by atoms with Gasteiger partial charge in [-0.15, -0.1) is 0 Å². The summed E-state index contributed by atoms with van der Waals surface area (Å²) in [5.41, 5.74) is 6.17. The molecule has 0 unspecified atom stereocenters. The quantitative estimate of drug-likeness (QED) is 0.175. The fourth-order valence-electron chi connectivity index (χ4n) is 8.24. The summed E-state index contributed by atoms with van der Waals surface area (Å²) in [4.78, 5) is 16.0. The van der Waals surface area contributed by atoms with E-state index >= 15 is 0 Å². The molecule has 11 rings (SSSR count). The van der Waals surface area contributed by atoms with Crippen molar-refractivity contribution in [2.45, 2.75) is 0 Å². The summed E-state index contributed by atoms with van der Waals surface area (Å²) in [7, 11) is 0. The van der Waals surface area contributed by atoms with E-state index in [0.717, 1.165) is 55.0 Å². The van der Waals surface area contributed by atoms with E-state index in [1.54, 1.807) is 0 Å². The molecule has 0 amide bonds. The van der Waals surface area contributed by atoms with E-state index in [-0.39, 0.29) is 0 Å². The Balaban J connectivity index is 1.28. The van der Waals surface area contributed by atoms with Crippen LogP contribution in [0.15, 0.2) is 182 Å². The average Bonchev–Trinajstić information content (AvgIpc) is 3.58. The van der Waals surface area contributed by atoms with Crippen LogP contribution in [0, 0.1) is 0 Å². The molecule has 0 saturated heterocycles. The van der Waals surface area contributed by atoms with E-state index in [0.29, 0.717) is 17.5 Å². The molecule has 0 aliphatic heterocycles. The minimum absolute atomic E-state index is 0.629. The third-order valence-electron chi connectivity index (χ3n) is 10.6. The Morgan fingerprint density at radius 2 is 0.906 bits per heavy atom. The summed E-state index contributed by atoms with van der Waals surface area (Å²) in [6, 6.07) is 64.4. The number of aromatic nitrogens is 4. The second-order valence-electron chi connectivity index (χ2n) is 13.6. The Morgan fingerprint density at radius 3 is 1.72 bits per heavy atom. The van der Waals surface area contributed by atoms with E-state index < -0.39 is 0 Å². The van der Waals surface area contributed by atoms with Crippen molar-refractivity contribution < 1.29 is 0 Å². The first-order chi connectivity index (χ1) is 26.3. The predicted octanol–water partition coefficient (Wildman–Crippen LogP) is 12.6. The third kappa shape index (κ3) is 4.59. The number of benzene rings is 9. The van der Waals surface area contributed by atoms with Gasteiger partial charge in [-0.25, -0.2) is 15.0 Å². The highest BCUT2D eigenvalue weighted by atomic mass is 15.1. The number of nitrogens with zero attached hydrogens (tertiary/aromatic N) is 4. The monoisotopic (exact) mass is 674 g/mol. The van der Waals surface area contributed by atoms with E-state index in [1.807, 2.05) is 18.2 Å². The van der Waals surface area contributed by atoms with Gasteiger partial charge in [-0.2, -0.15) is 0 Å². The standard InChI is InChI=1S/C49H30N4/c1-2-16-33(17-3-1)47-50-48(41-30-34-18-6-7-19-35(34)38-22-10-11-23-39(38)41)52-49(51-47)46-37-21-9-5-15-32(37)27-29-44(46)53-42-25-13-12-24-40(42)45-36-20-8-4-14-31(36)26-28-43(45)53/h1-30H. The second-order valence-corrected chi connectivity index (χ2v) is 13.6. The van der Waals surface area contributed by atoms with Gasteiger partial charge in [0.15, 0.2) is 17.5 Å². The number of hydrogen-bond donors (Lipinski definition) is 0. The maximum Gasteiger partial charge on any atom is 0.166 e. The van der Waals surface area contributed by atoms with Gasteiger partial charge in [0, 0.05) is 21.9 Å². The summed E-state index contributed by atoms with van der Waals surface area (Å²) in [5.74, 6) is 1.91. The van der Waals surface area contributed by atoms with Gasteiger partial charge in [-0.3, -0.25) is 0 Å². The van der Waals surface area contributed by atoms with Crippen molar-refractivity contribution >= 4 is 64.9 Å². The Hall–Kier alpha value is -7.17. The minimum Gasteiger partial charge on any atom is -0.308 e. The largest absolute Gasteiger partial charge is 0.308 e. The lowest BCUT2D eigenvalue weighted by Gasteiger charge is -2.17. The minimum atomic E-state index is 0.629. The summed E-state index contributed by atoms with van der Waals surface area (Å²) in [6.45, 7) is 0. The molecule has 0 spiro atoms. The maximum absolute atomic E-state index is 5.45. The molecule has 0 fully saturated rings. The first kappa shape index (κ1) is 29.5. The summed E-state index contributed by atoms with van der Waals surface area (Å²) in [6.07, 6.45) is 0. The molecule has 4 heteroatoms. The highest BCUT2D eigenvalue weighted by Crippen LogP contribution is 2.42. The molecule has 0 aliphatic carbocycles. The fourth-order valence-corrected chi connectivity index (χ4v) is 8.24. The molecule has 0 radical (unpaired) electrons. The average molecular weight is 675 g/mol. The molecule has 9 aromatic carbocycles. The van der Waals surface area contributed by atoms with Gasteiger partial charge in [0.05, 0.1) is 22.3 Å². The molecule has 2 aromatic heterocycles. The van der Waals surface area contributed by atoms with Crippen LogP contribution in [-0.4, -0.2) is 19.5 Å². The van der Waals surface area contributed by atoms with E-state index in [2.05, 4.69) is 168 Å². The van der Waals surface area contributed by atoms with Crippen molar-refractivity contribution in [2.24, 2.45) is 0 Å². The molecule has 53 heavy (non-hydrogen) atoms. The van der Waals surface area contributed by atoms with E-state index in [9.17, 15) is 0 Å². The summed E-state index contributed by atoms with van der Waals surface area (Å²) in [5, 5.41) is 11.7. The van der Waals surface area contributed by atoms with Gasteiger partial charge >= 0.3 is 0 Å².